The molecule has 0 aliphatic rings. The average molecular weight is 312 g/mol. The molecule has 0 saturated heterocycles. The van der Waals surface area contributed by atoms with Crippen LogP contribution >= 0.6 is 15.9 Å². The first kappa shape index (κ1) is 13.2. The van der Waals surface area contributed by atoms with Gasteiger partial charge in [-0.3, -0.25) is 0 Å². The SMILES string of the molecule is NC(Cc1cccc(F)c1F)c1ccc(Br)cc1. The fourth-order valence-corrected chi connectivity index (χ4v) is 2.04. The summed E-state index contributed by atoms with van der Waals surface area (Å²) in [6.45, 7) is 0. The number of rotatable bonds is 3. The maximum Gasteiger partial charge on any atom is 0.162 e. The van der Waals surface area contributed by atoms with E-state index in [0.29, 0.717) is 5.56 Å². The highest BCUT2D eigenvalue weighted by atomic mass is 79.9. The molecule has 1 unspecified atom stereocenters. The van der Waals surface area contributed by atoms with Gasteiger partial charge in [0.1, 0.15) is 0 Å². The molecule has 0 aliphatic heterocycles. The largest absolute Gasteiger partial charge is 0.324 e. The molecule has 0 fully saturated rings. The van der Waals surface area contributed by atoms with Crippen molar-refractivity contribution in [3.05, 3.63) is 69.7 Å². The van der Waals surface area contributed by atoms with E-state index < -0.39 is 11.6 Å². The zero-order chi connectivity index (χ0) is 13.1. The van der Waals surface area contributed by atoms with E-state index in [9.17, 15) is 8.78 Å². The van der Waals surface area contributed by atoms with Crippen molar-refractivity contribution in [3.8, 4) is 0 Å². The summed E-state index contributed by atoms with van der Waals surface area (Å²) in [5.41, 5.74) is 7.18. The smallest absolute Gasteiger partial charge is 0.162 e. The summed E-state index contributed by atoms with van der Waals surface area (Å²) in [5.74, 6) is -1.65. The van der Waals surface area contributed by atoms with Gasteiger partial charge in [-0.05, 0) is 35.7 Å². The lowest BCUT2D eigenvalue weighted by atomic mass is 9.99. The Balaban J connectivity index is 2.18. The zero-order valence-electron chi connectivity index (χ0n) is 9.54. The Kier molecular flexibility index (Phi) is 4.09. The Morgan fingerprint density at radius 2 is 1.72 bits per heavy atom. The van der Waals surface area contributed by atoms with E-state index in [1.807, 2.05) is 24.3 Å². The van der Waals surface area contributed by atoms with Crippen LogP contribution in [0.5, 0.6) is 0 Å². The molecule has 0 amide bonds. The number of hydrogen-bond donors (Lipinski definition) is 1. The molecule has 0 radical (unpaired) electrons. The van der Waals surface area contributed by atoms with Crippen molar-refractivity contribution >= 4 is 15.9 Å². The Morgan fingerprint density at radius 1 is 1.06 bits per heavy atom. The lowest BCUT2D eigenvalue weighted by molar-refractivity contribution is 0.494. The molecule has 0 heterocycles. The minimum Gasteiger partial charge on any atom is -0.324 e. The third kappa shape index (κ3) is 2.94. The summed E-state index contributed by atoms with van der Waals surface area (Å²) in [7, 11) is 0. The molecule has 2 aromatic rings. The maximum atomic E-state index is 13.5. The highest BCUT2D eigenvalue weighted by molar-refractivity contribution is 9.10. The average Bonchev–Trinajstić information content (AvgIpc) is 2.36. The quantitative estimate of drug-likeness (QED) is 0.912. The second-order valence-corrected chi connectivity index (χ2v) is 4.99. The van der Waals surface area contributed by atoms with Crippen molar-refractivity contribution in [2.75, 3.05) is 0 Å². The van der Waals surface area contributed by atoms with E-state index >= 15 is 0 Å². The van der Waals surface area contributed by atoms with Crippen LogP contribution in [0.1, 0.15) is 17.2 Å². The van der Waals surface area contributed by atoms with Crippen LogP contribution in [-0.4, -0.2) is 0 Å². The van der Waals surface area contributed by atoms with Crippen LogP contribution in [0.25, 0.3) is 0 Å². The Bertz CT molecular complexity index is 540. The fourth-order valence-electron chi connectivity index (χ4n) is 1.77. The van der Waals surface area contributed by atoms with E-state index in [2.05, 4.69) is 15.9 Å². The van der Waals surface area contributed by atoms with Crippen molar-refractivity contribution in [3.63, 3.8) is 0 Å². The van der Waals surface area contributed by atoms with E-state index in [-0.39, 0.29) is 12.5 Å². The zero-order valence-corrected chi connectivity index (χ0v) is 11.1. The molecule has 94 valence electrons. The standard InChI is InChI=1S/C14H12BrF2N/c15-11-6-4-9(5-7-11)13(18)8-10-2-1-3-12(16)14(10)17/h1-7,13H,8,18H2. The van der Waals surface area contributed by atoms with E-state index in [1.165, 1.54) is 6.07 Å². The second-order valence-electron chi connectivity index (χ2n) is 4.08. The van der Waals surface area contributed by atoms with Gasteiger partial charge in [0.2, 0.25) is 0 Å². The van der Waals surface area contributed by atoms with E-state index in [0.717, 1.165) is 16.1 Å². The van der Waals surface area contributed by atoms with Crippen molar-refractivity contribution in [1.82, 2.24) is 0 Å². The third-order valence-corrected chi connectivity index (χ3v) is 3.30. The summed E-state index contributed by atoms with van der Waals surface area (Å²) in [5, 5.41) is 0. The van der Waals surface area contributed by atoms with Gasteiger partial charge in [-0.2, -0.15) is 0 Å². The van der Waals surface area contributed by atoms with Crippen LogP contribution in [0.3, 0.4) is 0 Å². The molecule has 0 bridgehead atoms. The molecular formula is C14H12BrF2N. The second kappa shape index (κ2) is 5.59. The number of benzene rings is 2. The Labute approximate surface area is 113 Å². The van der Waals surface area contributed by atoms with Crippen LogP contribution < -0.4 is 5.73 Å². The van der Waals surface area contributed by atoms with Gasteiger partial charge in [-0.1, -0.05) is 40.2 Å². The highest BCUT2D eigenvalue weighted by Gasteiger charge is 2.12. The van der Waals surface area contributed by atoms with Gasteiger partial charge in [-0.25, -0.2) is 8.78 Å². The normalized spacial score (nSPS) is 12.4. The molecule has 0 aliphatic carbocycles. The molecule has 2 aromatic carbocycles. The molecule has 0 saturated carbocycles. The molecule has 2 rings (SSSR count). The lowest BCUT2D eigenvalue weighted by Crippen LogP contribution is -2.14. The molecule has 1 atom stereocenters. The van der Waals surface area contributed by atoms with Gasteiger partial charge in [0.15, 0.2) is 11.6 Å². The summed E-state index contributed by atoms with van der Waals surface area (Å²) < 4.78 is 27.5. The van der Waals surface area contributed by atoms with Gasteiger partial charge in [0.05, 0.1) is 0 Å². The van der Waals surface area contributed by atoms with Crippen molar-refractivity contribution in [1.29, 1.82) is 0 Å². The third-order valence-electron chi connectivity index (χ3n) is 2.77. The molecule has 4 heteroatoms. The van der Waals surface area contributed by atoms with Crippen LogP contribution in [0, 0.1) is 11.6 Å². The van der Waals surface area contributed by atoms with Gasteiger partial charge in [0.25, 0.3) is 0 Å². The van der Waals surface area contributed by atoms with Gasteiger partial charge >= 0.3 is 0 Å². The number of halogens is 3. The van der Waals surface area contributed by atoms with Crippen LogP contribution in [0.4, 0.5) is 8.78 Å². The van der Waals surface area contributed by atoms with Crippen LogP contribution in [0.2, 0.25) is 0 Å². The maximum absolute atomic E-state index is 13.5. The molecule has 1 nitrogen and oxygen atoms in total. The topological polar surface area (TPSA) is 26.0 Å². The van der Waals surface area contributed by atoms with Gasteiger partial charge in [0, 0.05) is 10.5 Å². The minimum atomic E-state index is -0.837. The lowest BCUT2D eigenvalue weighted by Gasteiger charge is -2.13. The first-order valence-corrected chi connectivity index (χ1v) is 6.31. The Hall–Kier alpha value is -1.26. The number of nitrogens with two attached hydrogens (primary N) is 1. The first-order valence-electron chi connectivity index (χ1n) is 5.52. The summed E-state index contributed by atoms with van der Waals surface area (Å²) in [4.78, 5) is 0. The van der Waals surface area contributed by atoms with Gasteiger partial charge in [-0.15, -0.1) is 0 Å². The van der Waals surface area contributed by atoms with E-state index in [4.69, 9.17) is 5.73 Å². The molecule has 18 heavy (non-hydrogen) atoms. The van der Waals surface area contributed by atoms with Gasteiger partial charge < -0.3 is 5.73 Å². The van der Waals surface area contributed by atoms with E-state index in [1.54, 1.807) is 6.07 Å². The minimum absolute atomic E-state index is 0.269. The molecular weight excluding hydrogens is 300 g/mol. The van der Waals surface area contributed by atoms with Crippen LogP contribution in [0.15, 0.2) is 46.9 Å². The molecule has 0 spiro atoms. The summed E-state index contributed by atoms with van der Waals surface area (Å²) in [6.07, 6.45) is 0.269. The van der Waals surface area contributed by atoms with Crippen molar-refractivity contribution in [2.45, 2.75) is 12.5 Å². The summed E-state index contributed by atoms with van der Waals surface area (Å²) in [6, 6.07) is 11.3. The van der Waals surface area contributed by atoms with Crippen molar-refractivity contribution < 1.29 is 8.78 Å². The predicted molar refractivity (Wildman–Crippen MR) is 71.1 cm³/mol. The summed E-state index contributed by atoms with van der Waals surface area (Å²) >= 11 is 3.33. The predicted octanol–water partition coefficient (Wildman–Crippen LogP) is 3.97. The Morgan fingerprint density at radius 3 is 2.39 bits per heavy atom. The van der Waals surface area contributed by atoms with Crippen molar-refractivity contribution in [2.24, 2.45) is 5.73 Å². The highest BCUT2D eigenvalue weighted by Crippen LogP contribution is 2.21. The number of hydrogen-bond acceptors (Lipinski definition) is 1. The molecule has 2 N–H and O–H groups in total. The van der Waals surface area contributed by atoms with Crippen LogP contribution in [-0.2, 0) is 6.42 Å². The molecule has 0 aromatic heterocycles. The first-order chi connectivity index (χ1) is 8.58. The fraction of sp³-hybridized carbons (Fsp3) is 0.143. The monoisotopic (exact) mass is 311 g/mol.